The van der Waals surface area contributed by atoms with E-state index >= 15 is 0 Å². The number of hydrogen-bond acceptors (Lipinski definition) is 5. The van der Waals surface area contributed by atoms with Crippen LogP contribution in [0, 0.1) is 13.8 Å². The number of amides is 1. The molecule has 3 rings (SSSR count). The van der Waals surface area contributed by atoms with Gasteiger partial charge in [-0.1, -0.05) is 0 Å². The molecule has 3 heterocycles. The summed E-state index contributed by atoms with van der Waals surface area (Å²) in [6, 6.07) is 5.63. The molecule has 3 N–H and O–H groups in total. The molecule has 0 atom stereocenters. The van der Waals surface area contributed by atoms with Crippen molar-refractivity contribution in [1.29, 1.82) is 0 Å². The molecule has 1 amide bonds. The number of pyridine rings is 2. The van der Waals surface area contributed by atoms with Gasteiger partial charge in [-0.05, 0) is 37.6 Å². The van der Waals surface area contributed by atoms with Crippen LogP contribution in [0.1, 0.15) is 20.9 Å². The number of fused-ring (bicyclic) bond motifs is 1. The molecular formula is C15H14N4OS. The zero-order valence-corrected chi connectivity index (χ0v) is 12.5. The highest BCUT2D eigenvalue weighted by Crippen LogP contribution is 2.33. The van der Waals surface area contributed by atoms with Gasteiger partial charge in [-0.15, -0.1) is 11.3 Å². The molecule has 0 saturated carbocycles. The topological polar surface area (TPSA) is 80.9 Å². The molecular weight excluding hydrogens is 284 g/mol. The van der Waals surface area contributed by atoms with Gasteiger partial charge in [-0.2, -0.15) is 0 Å². The fourth-order valence-electron chi connectivity index (χ4n) is 2.03. The van der Waals surface area contributed by atoms with Crippen LogP contribution in [-0.4, -0.2) is 15.9 Å². The van der Waals surface area contributed by atoms with Crippen molar-refractivity contribution in [3.8, 4) is 0 Å². The average molecular weight is 298 g/mol. The number of hydrogen-bond donors (Lipinski definition) is 2. The van der Waals surface area contributed by atoms with Crippen molar-refractivity contribution in [3.63, 3.8) is 0 Å². The van der Waals surface area contributed by atoms with Crippen LogP contribution >= 0.6 is 11.3 Å². The van der Waals surface area contributed by atoms with Crippen LogP contribution in [0.5, 0.6) is 0 Å². The Kier molecular flexibility index (Phi) is 3.31. The molecule has 0 aliphatic heterocycles. The Hall–Kier alpha value is -2.47. The van der Waals surface area contributed by atoms with Crippen molar-refractivity contribution in [2.24, 2.45) is 0 Å². The Labute approximate surface area is 125 Å². The highest BCUT2D eigenvalue weighted by molar-refractivity contribution is 7.21. The van der Waals surface area contributed by atoms with E-state index in [0.29, 0.717) is 16.3 Å². The van der Waals surface area contributed by atoms with Gasteiger partial charge in [-0.3, -0.25) is 9.78 Å². The van der Waals surface area contributed by atoms with Crippen molar-refractivity contribution in [2.75, 3.05) is 11.1 Å². The van der Waals surface area contributed by atoms with Crippen LogP contribution < -0.4 is 11.1 Å². The highest BCUT2D eigenvalue weighted by atomic mass is 32.1. The van der Waals surface area contributed by atoms with E-state index in [-0.39, 0.29) is 5.91 Å². The Morgan fingerprint density at radius 2 is 2.10 bits per heavy atom. The van der Waals surface area contributed by atoms with Crippen LogP contribution in [-0.2, 0) is 0 Å². The SMILES string of the molecule is Cc1ccc2c(N)c(C(=O)Nc3cnccc3C)sc2n1. The number of aryl methyl sites for hydroxylation is 2. The normalized spacial score (nSPS) is 10.8. The van der Waals surface area contributed by atoms with Gasteiger partial charge in [0.25, 0.3) is 5.91 Å². The van der Waals surface area contributed by atoms with Gasteiger partial charge in [0, 0.05) is 17.3 Å². The minimum Gasteiger partial charge on any atom is -0.397 e. The number of nitrogens with two attached hydrogens (primary N) is 1. The van der Waals surface area contributed by atoms with Gasteiger partial charge < -0.3 is 11.1 Å². The minimum absolute atomic E-state index is 0.232. The number of carbonyl (C=O) groups is 1. The lowest BCUT2D eigenvalue weighted by atomic mass is 10.2. The molecule has 106 valence electrons. The molecule has 0 fully saturated rings. The lowest BCUT2D eigenvalue weighted by molar-refractivity contribution is 0.103. The molecule has 0 aliphatic carbocycles. The first-order chi connectivity index (χ1) is 10.1. The second-order valence-electron chi connectivity index (χ2n) is 4.79. The minimum atomic E-state index is -0.232. The first kappa shape index (κ1) is 13.5. The van der Waals surface area contributed by atoms with Crippen LogP contribution in [0.25, 0.3) is 10.2 Å². The molecule has 21 heavy (non-hydrogen) atoms. The Morgan fingerprint density at radius 3 is 2.86 bits per heavy atom. The number of thiophene rings is 1. The van der Waals surface area contributed by atoms with Gasteiger partial charge in [0.2, 0.25) is 0 Å². The maximum absolute atomic E-state index is 12.4. The second kappa shape index (κ2) is 5.14. The van der Waals surface area contributed by atoms with Gasteiger partial charge in [-0.25, -0.2) is 4.98 Å². The quantitative estimate of drug-likeness (QED) is 0.761. The van der Waals surface area contributed by atoms with Crippen LogP contribution in [0.2, 0.25) is 0 Å². The first-order valence-electron chi connectivity index (χ1n) is 6.44. The number of carbonyl (C=O) groups excluding carboxylic acids is 1. The predicted molar refractivity (Wildman–Crippen MR) is 85.7 cm³/mol. The Bertz CT molecular complexity index is 841. The van der Waals surface area contributed by atoms with Gasteiger partial charge >= 0.3 is 0 Å². The van der Waals surface area contributed by atoms with Crippen molar-refractivity contribution in [1.82, 2.24) is 9.97 Å². The zero-order chi connectivity index (χ0) is 15.0. The van der Waals surface area contributed by atoms with Crippen molar-refractivity contribution in [3.05, 3.63) is 46.7 Å². The summed E-state index contributed by atoms with van der Waals surface area (Å²) < 4.78 is 0. The number of nitrogens with zero attached hydrogens (tertiary/aromatic N) is 2. The van der Waals surface area contributed by atoms with Crippen molar-refractivity contribution in [2.45, 2.75) is 13.8 Å². The van der Waals surface area contributed by atoms with E-state index in [0.717, 1.165) is 21.5 Å². The summed E-state index contributed by atoms with van der Waals surface area (Å²) in [7, 11) is 0. The maximum Gasteiger partial charge on any atom is 0.268 e. The highest BCUT2D eigenvalue weighted by Gasteiger charge is 2.17. The van der Waals surface area contributed by atoms with Crippen LogP contribution in [0.4, 0.5) is 11.4 Å². The lowest BCUT2D eigenvalue weighted by Crippen LogP contribution is -2.13. The monoisotopic (exact) mass is 298 g/mol. The number of rotatable bonds is 2. The van der Waals surface area contributed by atoms with Gasteiger partial charge in [0.15, 0.2) is 0 Å². The molecule has 6 heteroatoms. The van der Waals surface area contributed by atoms with E-state index in [1.807, 2.05) is 32.0 Å². The van der Waals surface area contributed by atoms with E-state index < -0.39 is 0 Å². The average Bonchev–Trinajstić information content (AvgIpc) is 2.78. The molecule has 0 unspecified atom stereocenters. The molecule has 3 aromatic heterocycles. The second-order valence-corrected chi connectivity index (χ2v) is 5.79. The van der Waals surface area contributed by atoms with Crippen molar-refractivity contribution >= 4 is 38.8 Å². The van der Waals surface area contributed by atoms with Crippen LogP contribution in [0.3, 0.4) is 0 Å². The Balaban J connectivity index is 1.98. The third-order valence-corrected chi connectivity index (χ3v) is 4.34. The third kappa shape index (κ3) is 2.45. The molecule has 0 radical (unpaired) electrons. The molecule has 5 nitrogen and oxygen atoms in total. The zero-order valence-electron chi connectivity index (χ0n) is 11.7. The largest absolute Gasteiger partial charge is 0.397 e. The summed E-state index contributed by atoms with van der Waals surface area (Å²) in [6.07, 6.45) is 3.31. The standard InChI is InChI=1S/C15H14N4OS/c1-8-5-6-17-7-11(8)19-14(20)13-12(16)10-4-3-9(2)18-15(10)21-13/h3-7H,16H2,1-2H3,(H,19,20). The number of aromatic nitrogens is 2. The fourth-order valence-corrected chi connectivity index (χ4v) is 3.07. The Morgan fingerprint density at radius 1 is 1.29 bits per heavy atom. The molecule has 0 saturated heterocycles. The summed E-state index contributed by atoms with van der Waals surface area (Å²) in [6.45, 7) is 3.82. The number of nitrogen functional groups attached to an aromatic ring is 1. The lowest BCUT2D eigenvalue weighted by Gasteiger charge is -2.06. The summed E-state index contributed by atoms with van der Waals surface area (Å²) >= 11 is 1.30. The molecule has 0 aliphatic rings. The summed E-state index contributed by atoms with van der Waals surface area (Å²) in [4.78, 5) is 22.1. The van der Waals surface area contributed by atoms with E-state index in [4.69, 9.17) is 5.73 Å². The third-order valence-electron chi connectivity index (χ3n) is 3.23. The first-order valence-corrected chi connectivity index (χ1v) is 7.25. The predicted octanol–water partition coefficient (Wildman–Crippen LogP) is 3.14. The molecule has 0 bridgehead atoms. The summed E-state index contributed by atoms with van der Waals surface area (Å²) in [5.74, 6) is -0.232. The van der Waals surface area contributed by atoms with Gasteiger partial charge in [0.1, 0.15) is 9.71 Å². The maximum atomic E-state index is 12.4. The molecule has 0 aromatic carbocycles. The van der Waals surface area contributed by atoms with E-state index in [9.17, 15) is 4.79 Å². The van der Waals surface area contributed by atoms with E-state index in [1.165, 1.54) is 11.3 Å². The smallest absolute Gasteiger partial charge is 0.268 e. The summed E-state index contributed by atoms with van der Waals surface area (Å²) in [5.41, 5.74) is 9.09. The van der Waals surface area contributed by atoms with Gasteiger partial charge in [0.05, 0.1) is 17.6 Å². The fraction of sp³-hybridized carbons (Fsp3) is 0.133. The van der Waals surface area contributed by atoms with E-state index in [2.05, 4.69) is 15.3 Å². The van der Waals surface area contributed by atoms with Crippen LogP contribution in [0.15, 0.2) is 30.6 Å². The summed E-state index contributed by atoms with van der Waals surface area (Å²) in [5, 5.41) is 3.66. The molecule has 0 spiro atoms. The molecule has 3 aromatic rings. The number of nitrogens with one attached hydrogen (secondary N) is 1. The van der Waals surface area contributed by atoms with Crippen molar-refractivity contribution < 1.29 is 4.79 Å². The van der Waals surface area contributed by atoms with E-state index in [1.54, 1.807) is 12.4 Å². The number of anilines is 2.